The summed E-state index contributed by atoms with van der Waals surface area (Å²) in [6.07, 6.45) is 1.64. The van der Waals surface area contributed by atoms with Crippen molar-refractivity contribution in [1.82, 2.24) is 4.98 Å². The number of aromatic nitrogens is 1. The zero-order chi connectivity index (χ0) is 13.1. The number of hydrogen-bond acceptors (Lipinski definition) is 2. The number of amides is 1. The van der Waals surface area contributed by atoms with E-state index in [4.69, 9.17) is 23.2 Å². The van der Waals surface area contributed by atoms with E-state index in [1.54, 1.807) is 30.5 Å². The van der Waals surface area contributed by atoms with Gasteiger partial charge in [-0.25, -0.2) is 0 Å². The Hall–Kier alpha value is -1.58. The van der Waals surface area contributed by atoms with Crippen LogP contribution in [0, 0.1) is 6.92 Å². The molecule has 1 aromatic heterocycles. The molecule has 0 aliphatic rings. The molecule has 0 unspecified atom stereocenters. The van der Waals surface area contributed by atoms with E-state index in [0.29, 0.717) is 21.3 Å². The molecule has 1 aromatic carbocycles. The van der Waals surface area contributed by atoms with Crippen LogP contribution in [0.3, 0.4) is 0 Å². The fraction of sp³-hybridized carbons (Fsp3) is 0.0769. The molecule has 0 aliphatic heterocycles. The summed E-state index contributed by atoms with van der Waals surface area (Å²) in [5, 5.41) is 3.55. The first-order valence-corrected chi connectivity index (χ1v) is 6.01. The molecule has 0 radical (unpaired) electrons. The van der Waals surface area contributed by atoms with Gasteiger partial charge in [0.2, 0.25) is 0 Å². The third kappa shape index (κ3) is 3.00. The van der Waals surface area contributed by atoms with E-state index < -0.39 is 0 Å². The van der Waals surface area contributed by atoms with E-state index in [9.17, 15) is 4.79 Å². The maximum atomic E-state index is 12.0. The van der Waals surface area contributed by atoms with Crippen molar-refractivity contribution >= 4 is 34.8 Å². The highest BCUT2D eigenvalue weighted by Crippen LogP contribution is 2.23. The molecule has 1 amide bonds. The predicted molar refractivity (Wildman–Crippen MR) is 73.4 cm³/mol. The molecule has 0 aliphatic carbocycles. The van der Waals surface area contributed by atoms with E-state index >= 15 is 0 Å². The van der Waals surface area contributed by atoms with E-state index in [-0.39, 0.29) is 5.91 Å². The van der Waals surface area contributed by atoms with Crippen molar-refractivity contribution in [2.75, 3.05) is 5.32 Å². The second-order valence-electron chi connectivity index (χ2n) is 3.77. The van der Waals surface area contributed by atoms with Crippen molar-refractivity contribution in [3.63, 3.8) is 0 Å². The van der Waals surface area contributed by atoms with Gasteiger partial charge in [0.15, 0.2) is 0 Å². The Morgan fingerprint density at radius 2 is 1.94 bits per heavy atom. The van der Waals surface area contributed by atoms with Crippen LogP contribution >= 0.6 is 23.2 Å². The van der Waals surface area contributed by atoms with Crippen LogP contribution in [-0.4, -0.2) is 10.9 Å². The second-order valence-corrected chi connectivity index (χ2v) is 4.58. The third-order valence-electron chi connectivity index (χ3n) is 2.34. The lowest BCUT2D eigenvalue weighted by Gasteiger charge is -2.06. The highest BCUT2D eigenvalue weighted by Gasteiger charge is 2.08. The number of carbonyl (C=O) groups is 1. The number of halogens is 2. The Morgan fingerprint density at radius 1 is 1.17 bits per heavy atom. The summed E-state index contributed by atoms with van der Waals surface area (Å²) in [6.45, 7) is 1.86. The molecule has 0 atom stereocenters. The lowest BCUT2D eigenvalue weighted by Crippen LogP contribution is -2.12. The summed E-state index contributed by atoms with van der Waals surface area (Å²) in [6, 6.07) is 8.26. The van der Waals surface area contributed by atoms with Crippen LogP contribution in [0.25, 0.3) is 0 Å². The van der Waals surface area contributed by atoms with Gasteiger partial charge in [-0.3, -0.25) is 9.78 Å². The normalized spacial score (nSPS) is 10.2. The molecule has 0 fully saturated rings. The van der Waals surface area contributed by atoms with Gasteiger partial charge >= 0.3 is 0 Å². The summed E-state index contributed by atoms with van der Waals surface area (Å²) >= 11 is 11.7. The van der Waals surface area contributed by atoms with Gasteiger partial charge in [-0.1, -0.05) is 23.2 Å². The number of pyridine rings is 1. The Bertz CT molecular complexity index is 599. The molecule has 3 nitrogen and oxygen atoms in total. The lowest BCUT2D eigenvalue weighted by atomic mass is 10.2. The standard InChI is InChI=1S/C13H10Cl2N2O/c1-8-6-10(4-5-16-8)17-13(18)9-2-3-11(14)12(15)7-9/h2-7H,1H3,(H,16,17,18). The van der Waals surface area contributed by atoms with Gasteiger partial charge in [0, 0.05) is 23.1 Å². The van der Waals surface area contributed by atoms with Crippen LogP contribution < -0.4 is 5.32 Å². The maximum absolute atomic E-state index is 12.0. The Morgan fingerprint density at radius 3 is 2.61 bits per heavy atom. The van der Waals surface area contributed by atoms with Gasteiger partial charge in [0.05, 0.1) is 10.0 Å². The van der Waals surface area contributed by atoms with Gasteiger partial charge in [0.1, 0.15) is 0 Å². The first-order valence-electron chi connectivity index (χ1n) is 5.25. The van der Waals surface area contributed by atoms with E-state index in [2.05, 4.69) is 10.3 Å². The summed E-state index contributed by atoms with van der Waals surface area (Å²) in [4.78, 5) is 16.0. The Kier molecular flexibility index (Phi) is 3.84. The van der Waals surface area contributed by atoms with Crippen LogP contribution in [0.1, 0.15) is 16.1 Å². The number of hydrogen-bond donors (Lipinski definition) is 1. The molecule has 0 spiro atoms. The number of anilines is 1. The van der Waals surface area contributed by atoms with E-state index in [0.717, 1.165) is 5.69 Å². The topological polar surface area (TPSA) is 42.0 Å². The molecule has 0 bridgehead atoms. The number of aryl methyl sites for hydroxylation is 1. The van der Waals surface area contributed by atoms with Crippen molar-refractivity contribution in [3.8, 4) is 0 Å². The monoisotopic (exact) mass is 280 g/mol. The SMILES string of the molecule is Cc1cc(NC(=O)c2ccc(Cl)c(Cl)c2)ccn1. The lowest BCUT2D eigenvalue weighted by molar-refractivity contribution is 0.102. The highest BCUT2D eigenvalue weighted by atomic mass is 35.5. The smallest absolute Gasteiger partial charge is 0.255 e. The van der Waals surface area contributed by atoms with E-state index in [1.165, 1.54) is 6.07 Å². The largest absolute Gasteiger partial charge is 0.322 e. The minimum Gasteiger partial charge on any atom is -0.322 e. The summed E-state index contributed by atoms with van der Waals surface area (Å²) in [5.41, 5.74) is 1.99. The molecule has 1 heterocycles. The average Bonchev–Trinajstić information content (AvgIpc) is 2.32. The molecule has 5 heteroatoms. The minimum atomic E-state index is -0.237. The summed E-state index contributed by atoms with van der Waals surface area (Å²) < 4.78 is 0. The first kappa shape index (κ1) is 12.9. The predicted octanol–water partition coefficient (Wildman–Crippen LogP) is 3.95. The molecule has 0 saturated heterocycles. The third-order valence-corrected chi connectivity index (χ3v) is 3.08. The number of carbonyl (C=O) groups excluding carboxylic acids is 1. The molecule has 2 aromatic rings. The maximum Gasteiger partial charge on any atom is 0.255 e. The average molecular weight is 281 g/mol. The second kappa shape index (κ2) is 5.38. The molecule has 1 N–H and O–H groups in total. The molecular weight excluding hydrogens is 271 g/mol. The van der Waals surface area contributed by atoms with Crippen LogP contribution in [0.2, 0.25) is 10.0 Å². The fourth-order valence-corrected chi connectivity index (χ4v) is 1.76. The van der Waals surface area contributed by atoms with Crippen LogP contribution in [0.5, 0.6) is 0 Å². The highest BCUT2D eigenvalue weighted by molar-refractivity contribution is 6.42. The molecule has 0 saturated carbocycles. The Balaban J connectivity index is 2.19. The van der Waals surface area contributed by atoms with Crippen molar-refractivity contribution in [2.24, 2.45) is 0 Å². The zero-order valence-electron chi connectivity index (χ0n) is 9.58. The first-order chi connectivity index (χ1) is 8.56. The minimum absolute atomic E-state index is 0.237. The summed E-state index contributed by atoms with van der Waals surface area (Å²) in [5.74, 6) is -0.237. The molecule has 92 valence electrons. The van der Waals surface area contributed by atoms with Gasteiger partial charge in [-0.2, -0.15) is 0 Å². The van der Waals surface area contributed by atoms with Crippen molar-refractivity contribution in [1.29, 1.82) is 0 Å². The van der Waals surface area contributed by atoms with Crippen LogP contribution in [0.15, 0.2) is 36.5 Å². The number of nitrogens with zero attached hydrogens (tertiary/aromatic N) is 1. The van der Waals surface area contributed by atoms with Crippen molar-refractivity contribution < 1.29 is 4.79 Å². The number of nitrogens with one attached hydrogen (secondary N) is 1. The number of rotatable bonds is 2. The molecule has 18 heavy (non-hydrogen) atoms. The fourth-order valence-electron chi connectivity index (χ4n) is 1.46. The van der Waals surface area contributed by atoms with E-state index in [1.807, 2.05) is 6.92 Å². The van der Waals surface area contributed by atoms with Gasteiger partial charge in [-0.05, 0) is 37.3 Å². The van der Waals surface area contributed by atoms with Gasteiger partial charge in [0.25, 0.3) is 5.91 Å². The van der Waals surface area contributed by atoms with Gasteiger partial charge < -0.3 is 5.32 Å². The number of benzene rings is 1. The van der Waals surface area contributed by atoms with Crippen molar-refractivity contribution in [3.05, 3.63) is 57.8 Å². The zero-order valence-corrected chi connectivity index (χ0v) is 11.1. The Labute approximate surface area is 115 Å². The van der Waals surface area contributed by atoms with Crippen LogP contribution in [0.4, 0.5) is 5.69 Å². The quantitative estimate of drug-likeness (QED) is 0.905. The summed E-state index contributed by atoms with van der Waals surface area (Å²) in [7, 11) is 0. The molecule has 2 rings (SSSR count). The van der Waals surface area contributed by atoms with Crippen LogP contribution in [-0.2, 0) is 0 Å². The van der Waals surface area contributed by atoms with Gasteiger partial charge in [-0.15, -0.1) is 0 Å². The molecular formula is C13H10Cl2N2O. The van der Waals surface area contributed by atoms with Crippen molar-refractivity contribution in [2.45, 2.75) is 6.92 Å².